The Kier molecular flexibility index (Phi) is 9.99. The third-order valence-corrected chi connectivity index (χ3v) is 5.66. The molecule has 2 atom stereocenters. The standard InChI is InChI=1S/C24H33ClN2O2/c1-4-7-9-18(5-2)11-14-20(6-3)27-21-15-12-19(13-16-21)24(28)29-22-10-8-17-26-23(22)25/h8,10,12-13,15-18,20,27H,4-7,9,11,14H2,1-3H3. The van der Waals surface area contributed by atoms with Crippen LogP contribution < -0.4 is 10.1 Å². The molecule has 0 bridgehead atoms. The zero-order valence-corrected chi connectivity index (χ0v) is 18.5. The number of esters is 1. The predicted octanol–water partition coefficient (Wildman–Crippen LogP) is 7.14. The van der Waals surface area contributed by atoms with Crippen molar-refractivity contribution < 1.29 is 9.53 Å². The molecule has 0 aliphatic carbocycles. The van der Waals surface area contributed by atoms with Gasteiger partial charge in [-0.25, -0.2) is 9.78 Å². The van der Waals surface area contributed by atoms with Gasteiger partial charge in [0.15, 0.2) is 10.9 Å². The summed E-state index contributed by atoms with van der Waals surface area (Å²) >= 11 is 5.95. The van der Waals surface area contributed by atoms with Crippen molar-refractivity contribution in [1.82, 2.24) is 4.98 Å². The monoisotopic (exact) mass is 416 g/mol. The van der Waals surface area contributed by atoms with Crippen molar-refractivity contribution in [2.75, 3.05) is 5.32 Å². The lowest BCUT2D eigenvalue weighted by molar-refractivity contribution is 0.0734. The van der Waals surface area contributed by atoms with Crippen LogP contribution in [0.2, 0.25) is 5.15 Å². The molecule has 0 fully saturated rings. The Hall–Kier alpha value is -2.07. The fourth-order valence-corrected chi connectivity index (χ4v) is 3.56. The molecule has 4 nitrogen and oxygen atoms in total. The Morgan fingerprint density at radius 3 is 2.45 bits per heavy atom. The van der Waals surface area contributed by atoms with Crippen LogP contribution >= 0.6 is 11.6 Å². The maximum Gasteiger partial charge on any atom is 0.343 e. The molecule has 0 radical (unpaired) electrons. The van der Waals surface area contributed by atoms with Gasteiger partial charge in [-0.3, -0.25) is 0 Å². The molecule has 2 rings (SSSR count). The number of halogens is 1. The Bertz CT molecular complexity index is 749. The van der Waals surface area contributed by atoms with Gasteiger partial charge >= 0.3 is 5.97 Å². The number of nitrogens with zero attached hydrogens (tertiary/aromatic N) is 1. The van der Waals surface area contributed by atoms with Gasteiger partial charge in [0.05, 0.1) is 5.56 Å². The second-order valence-corrected chi connectivity index (χ2v) is 7.86. The molecule has 2 unspecified atom stereocenters. The molecule has 29 heavy (non-hydrogen) atoms. The molecule has 0 aliphatic rings. The first-order chi connectivity index (χ1) is 14.1. The van der Waals surface area contributed by atoms with Crippen LogP contribution in [0.1, 0.15) is 76.1 Å². The van der Waals surface area contributed by atoms with E-state index in [0.717, 1.165) is 18.0 Å². The molecular formula is C24H33ClN2O2. The van der Waals surface area contributed by atoms with Gasteiger partial charge in [-0.05, 0) is 61.6 Å². The van der Waals surface area contributed by atoms with Crippen LogP contribution in [0, 0.1) is 5.92 Å². The van der Waals surface area contributed by atoms with Gasteiger partial charge in [0.25, 0.3) is 0 Å². The van der Waals surface area contributed by atoms with Gasteiger partial charge in [0.1, 0.15) is 0 Å². The molecule has 0 spiro atoms. The Balaban J connectivity index is 1.89. The highest BCUT2D eigenvalue weighted by Gasteiger charge is 2.13. The zero-order valence-electron chi connectivity index (χ0n) is 17.8. The average molecular weight is 417 g/mol. The van der Waals surface area contributed by atoms with Crippen molar-refractivity contribution >= 4 is 23.3 Å². The topological polar surface area (TPSA) is 51.2 Å². The summed E-state index contributed by atoms with van der Waals surface area (Å²) in [5.74, 6) is 0.642. The highest BCUT2D eigenvalue weighted by molar-refractivity contribution is 6.30. The molecular weight excluding hydrogens is 384 g/mol. The van der Waals surface area contributed by atoms with Crippen molar-refractivity contribution in [3.8, 4) is 5.75 Å². The van der Waals surface area contributed by atoms with E-state index in [4.69, 9.17) is 16.3 Å². The van der Waals surface area contributed by atoms with E-state index in [1.165, 1.54) is 38.5 Å². The summed E-state index contributed by atoms with van der Waals surface area (Å²) in [5.41, 5.74) is 1.50. The van der Waals surface area contributed by atoms with Gasteiger partial charge in [-0.2, -0.15) is 0 Å². The molecule has 1 N–H and O–H groups in total. The number of aromatic nitrogens is 1. The summed E-state index contributed by atoms with van der Waals surface area (Å²) in [6, 6.07) is 11.2. The van der Waals surface area contributed by atoms with Crippen LogP contribution in [0.4, 0.5) is 5.69 Å². The van der Waals surface area contributed by atoms with E-state index >= 15 is 0 Å². The Labute approximate surface area is 180 Å². The van der Waals surface area contributed by atoms with Crippen molar-refractivity contribution in [3.05, 3.63) is 53.3 Å². The summed E-state index contributed by atoms with van der Waals surface area (Å²) in [5, 5.41) is 3.78. The number of unbranched alkanes of at least 4 members (excludes halogenated alkanes) is 1. The molecule has 0 amide bonds. The van der Waals surface area contributed by atoms with Gasteiger partial charge in [0.2, 0.25) is 0 Å². The maximum absolute atomic E-state index is 12.3. The molecule has 0 aliphatic heterocycles. The fraction of sp³-hybridized carbons (Fsp3) is 0.500. The van der Waals surface area contributed by atoms with E-state index in [9.17, 15) is 4.79 Å². The normalized spacial score (nSPS) is 13.0. The van der Waals surface area contributed by atoms with E-state index in [0.29, 0.717) is 11.6 Å². The van der Waals surface area contributed by atoms with Crippen LogP contribution in [0.3, 0.4) is 0 Å². The number of hydrogen-bond donors (Lipinski definition) is 1. The van der Waals surface area contributed by atoms with Crippen LogP contribution in [0.5, 0.6) is 5.75 Å². The average Bonchev–Trinajstić information content (AvgIpc) is 2.75. The third kappa shape index (κ3) is 7.69. The lowest BCUT2D eigenvalue weighted by Gasteiger charge is -2.22. The first-order valence-corrected chi connectivity index (χ1v) is 11.1. The van der Waals surface area contributed by atoms with Crippen molar-refractivity contribution in [2.45, 2.75) is 71.8 Å². The second kappa shape index (κ2) is 12.5. The highest BCUT2D eigenvalue weighted by atomic mass is 35.5. The maximum atomic E-state index is 12.3. The van der Waals surface area contributed by atoms with Crippen LogP contribution in [-0.4, -0.2) is 17.0 Å². The van der Waals surface area contributed by atoms with Crippen molar-refractivity contribution in [1.29, 1.82) is 0 Å². The number of rotatable bonds is 12. The first kappa shape index (κ1) is 23.2. The highest BCUT2D eigenvalue weighted by Crippen LogP contribution is 2.23. The number of nitrogens with one attached hydrogen (secondary N) is 1. The van der Waals surface area contributed by atoms with Crippen molar-refractivity contribution in [2.24, 2.45) is 5.92 Å². The minimum Gasteiger partial charge on any atom is -0.420 e. The molecule has 0 saturated carbocycles. The number of carbonyl (C=O) groups excluding carboxylic acids is 1. The lowest BCUT2D eigenvalue weighted by Crippen LogP contribution is -2.20. The van der Waals surface area contributed by atoms with E-state index in [-0.39, 0.29) is 10.9 Å². The van der Waals surface area contributed by atoms with E-state index in [1.54, 1.807) is 30.5 Å². The van der Waals surface area contributed by atoms with Gasteiger partial charge < -0.3 is 10.1 Å². The minimum absolute atomic E-state index is 0.175. The number of benzene rings is 1. The summed E-state index contributed by atoms with van der Waals surface area (Å²) in [4.78, 5) is 16.2. The first-order valence-electron chi connectivity index (χ1n) is 10.8. The molecule has 1 aromatic heterocycles. The predicted molar refractivity (Wildman–Crippen MR) is 121 cm³/mol. The summed E-state index contributed by atoms with van der Waals surface area (Å²) in [7, 11) is 0. The van der Waals surface area contributed by atoms with E-state index in [1.807, 2.05) is 12.1 Å². The zero-order chi connectivity index (χ0) is 21.1. The van der Waals surface area contributed by atoms with Crippen molar-refractivity contribution in [3.63, 3.8) is 0 Å². The van der Waals surface area contributed by atoms with Gasteiger partial charge in [0, 0.05) is 17.9 Å². The number of hydrogen-bond acceptors (Lipinski definition) is 4. The smallest absolute Gasteiger partial charge is 0.343 e. The molecule has 2 aromatic rings. The van der Waals surface area contributed by atoms with Gasteiger partial charge in [-0.15, -0.1) is 0 Å². The minimum atomic E-state index is -0.444. The number of pyridine rings is 1. The summed E-state index contributed by atoms with van der Waals surface area (Å²) < 4.78 is 5.33. The van der Waals surface area contributed by atoms with Crippen LogP contribution in [0.25, 0.3) is 0 Å². The molecule has 158 valence electrons. The quantitative estimate of drug-likeness (QED) is 0.295. The molecule has 1 heterocycles. The van der Waals surface area contributed by atoms with Crippen LogP contribution in [-0.2, 0) is 0 Å². The second-order valence-electron chi connectivity index (χ2n) is 7.50. The number of ether oxygens (including phenoxy) is 1. The summed E-state index contributed by atoms with van der Waals surface area (Å²) in [6.45, 7) is 6.77. The van der Waals surface area contributed by atoms with E-state index < -0.39 is 5.97 Å². The summed E-state index contributed by atoms with van der Waals surface area (Å²) in [6.07, 6.45) is 10.2. The third-order valence-electron chi connectivity index (χ3n) is 5.38. The number of carbonyl (C=O) groups is 1. The van der Waals surface area contributed by atoms with Crippen LogP contribution in [0.15, 0.2) is 42.6 Å². The SMILES string of the molecule is CCCCC(CC)CCC(CC)Nc1ccc(C(=O)Oc2cccnc2Cl)cc1. The lowest BCUT2D eigenvalue weighted by atomic mass is 9.92. The fourth-order valence-electron chi connectivity index (χ4n) is 3.41. The largest absolute Gasteiger partial charge is 0.420 e. The van der Waals surface area contributed by atoms with Gasteiger partial charge in [-0.1, -0.05) is 58.1 Å². The molecule has 0 saturated heterocycles. The van der Waals surface area contributed by atoms with E-state index in [2.05, 4.69) is 31.1 Å². The molecule has 5 heteroatoms. The number of anilines is 1. The Morgan fingerprint density at radius 2 is 1.83 bits per heavy atom. The Morgan fingerprint density at radius 1 is 1.07 bits per heavy atom. The molecule has 1 aromatic carbocycles.